The van der Waals surface area contributed by atoms with E-state index in [1.165, 1.54) is 0 Å². The largest absolute Gasteiger partial charge is 0.330 e. The zero-order valence-corrected chi connectivity index (χ0v) is 11.6. The second-order valence-corrected chi connectivity index (χ2v) is 5.02. The molecule has 1 atom stereocenters. The number of Topliss-reactive ketones (excluding diaryl/α,β-unsaturated/α-hetero) is 1. The molecule has 0 aliphatic heterocycles. The van der Waals surface area contributed by atoms with Crippen LogP contribution in [0.15, 0.2) is 24.3 Å². The van der Waals surface area contributed by atoms with E-state index in [0.29, 0.717) is 25.3 Å². The van der Waals surface area contributed by atoms with Gasteiger partial charge in [-0.25, -0.2) is 0 Å². The molecule has 0 saturated carbocycles. The predicted molar refractivity (Wildman–Crippen MR) is 76.9 cm³/mol. The summed E-state index contributed by atoms with van der Waals surface area (Å²) >= 11 is 0. The van der Waals surface area contributed by atoms with Gasteiger partial charge in [0.05, 0.1) is 17.6 Å². The van der Waals surface area contributed by atoms with Crippen molar-refractivity contribution in [3.05, 3.63) is 30.0 Å². The Bertz CT molecular complexity index is 570. The highest BCUT2D eigenvalue weighted by atomic mass is 16.1. The standard InChI is InChI=1S/C15H21N3O/c1-3-11(10-16)8-12(19)9-14-13-6-4-5-7-15(13)18(2)17-14/h4-7,11H,3,8-10,16H2,1-2H3. The van der Waals surface area contributed by atoms with Crippen LogP contribution in [0.4, 0.5) is 0 Å². The van der Waals surface area contributed by atoms with E-state index < -0.39 is 0 Å². The monoisotopic (exact) mass is 259 g/mol. The first-order chi connectivity index (χ1) is 9.15. The molecule has 102 valence electrons. The number of aryl methyl sites for hydroxylation is 1. The highest BCUT2D eigenvalue weighted by Crippen LogP contribution is 2.19. The zero-order chi connectivity index (χ0) is 13.8. The molecule has 0 radical (unpaired) electrons. The first-order valence-electron chi connectivity index (χ1n) is 6.78. The van der Waals surface area contributed by atoms with Crippen LogP contribution < -0.4 is 5.73 Å². The number of ketones is 1. The van der Waals surface area contributed by atoms with Crippen LogP contribution in [0.1, 0.15) is 25.5 Å². The minimum Gasteiger partial charge on any atom is -0.330 e. The Morgan fingerprint density at radius 2 is 2.16 bits per heavy atom. The van der Waals surface area contributed by atoms with Gasteiger partial charge in [-0.1, -0.05) is 31.5 Å². The first-order valence-corrected chi connectivity index (χ1v) is 6.78. The molecule has 2 N–H and O–H groups in total. The van der Waals surface area contributed by atoms with Crippen molar-refractivity contribution in [2.45, 2.75) is 26.2 Å². The number of benzene rings is 1. The van der Waals surface area contributed by atoms with Crippen molar-refractivity contribution in [2.24, 2.45) is 18.7 Å². The number of fused-ring (bicyclic) bond motifs is 1. The van der Waals surface area contributed by atoms with Crippen LogP contribution in [-0.2, 0) is 18.3 Å². The number of carbonyl (C=O) groups excluding carboxylic acids is 1. The van der Waals surface area contributed by atoms with E-state index in [-0.39, 0.29) is 5.78 Å². The minimum absolute atomic E-state index is 0.223. The Hall–Kier alpha value is -1.68. The molecule has 1 heterocycles. The number of hydrogen-bond acceptors (Lipinski definition) is 3. The van der Waals surface area contributed by atoms with Gasteiger partial charge in [0, 0.05) is 18.9 Å². The lowest BCUT2D eigenvalue weighted by Gasteiger charge is -2.09. The first kappa shape index (κ1) is 13.7. The van der Waals surface area contributed by atoms with E-state index >= 15 is 0 Å². The Balaban J connectivity index is 2.15. The van der Waals surface area contributed by atoms with Crippen molar-refractivity contribution >= 4 is 16.7 Å². The predicted octanol–water partition coefficient (Wildman–Crippen LogP) is 2.06. The van der Waals surface area contributed by atoms with E-state index in [4.69, 9.17) is 5.73 Å². The molecule has 1 aromatic heterocycles. The summed E-state index contributed by atoms with van der Waals surface area (Å²) in [5, 5.41) is 5.52. The van der Waals surface area contributed by atoms with Gasteiger partial charge in [0.1, 0.15) is 5.78 Å². The van der Waals surface area contributed by atoms with Crippen molar-refractivity contribution < 1.29 is 4.79 Å². The maximum atomic E-state index is 12.1. The van der Waals surface area contributed by atoms with Gasteiger partial charge in [0.25, 0.3) is 0 Å². The van der Waals surface area contributed by atoms with Gasteiger partial charge < -0.3 is 5.73 Å². The molecule has 0 aliphatic rings. The molecule has 0 spiro atoms. The molecule has 0 bridgehead atoms. The van der Waals surface area contributed by atoms with Gasteiger partial charge in [-0.15, -0.1) is 0 Å². The molecular formula is C15H21N3O. The number of nitrogens with two attached hydrogens (primary N) is 1. The van der Waals surface area contributed by atoms with Gasteiger partial charge in [-0.05, 0) is 18.5 Å². The Labute approximate surface area is 113 Å². The summed E-state index contributed by atoms with van der Waals surface area (Å²) in [5.41, 5.74) is 7.58. The van der Waals surface area contributed by atoms with Gasteiger partial charge >= 0.3 is 0 Å². The number of aromatic nitrogens is 2. The number of rotatable bonds is 6. The van der Waals surface area contributed by atoms with Crippen LogP contribution in [0, 0.1) is 5.92 Å². The fraction of sp³-hybridized carbons (Fsp3) is 0.467. The number of nitrogens with zero attached hydrogens (tertiary/aromatic N) is 2. The van der Waals surface area contributed by atoms with Crippen molar-refractivity contribution in [1.29, 1.82) is 0 Å². The maximum absolute atomic E-state index is 12.1. The zero-order valence-electron chi connectivity index (χ0n) is 11.6. The summed E-state index contributed by atoms with van der Waals surface area (Å²) in [6, 6.07) is 8.00. The fourth-order valence-electron chi connectivity index (χ4n) is 2.39. The normalized spacial score (nSPS) is 12.8. The molecule has 0 saturated heterocycles. The third kappa shape index (κ3) is 3.01. The summed E-state index contributed by atoms with van der Waals surface area (Å²) in [5.74, 6) is 0.517. The quantitative estimate of drug-likeness (QED) is 0.863. The molecule has 0 fully saturated rings. The number of para-hydroxylation sites is 1. The molecule has 0 aliphatic carbocycles. The lowest BCUT2D eigenvalue weighted by Crippen LogP contribution is -2.18. The van der Waals surface area contributed by atoms with Crippen LogP contribution in [0.3, 0.4) is 0 Å². The summed E-state index contributed by atoms with van der Waals surface area (Å²) in [6.45, 7) is 2.65. The average Bonchev–Trinajstić information content (AvgIpc) is 2.73. The minimum atomic E-state index is 0.223. The van der Waals surface area contributed by atoms with E-state index in [0.717, 1.165) is 23.0 Å². The summed E-state index contributed by atoms with van der Waals surface area (Å²) in [6.07, 6.45) is 1.90. The molecule has 1 aromatic carbocycles. The van der Waals surface area contributed by atoms with Crippen LogP contribution in [0.25, 0.3) is 10.9 Å². The Morgan fingerprint density at radius 1 is 1.42 bits per heavy atom. The fourth-order valence-corrected chi connectivity index (χ4v) is 2.39. The average molecular weight is 259 g/mol. The summed E-state index contributed by atoms with van der Waals surface area (Å²) < 4.78 is 1.83. The van der Waals surface area contributed by atoms with Crippen LogP contribution in [0.2, 0.25) is 0 Å². The molecule has 19 heavy (non-hydrogen) atoms. The van der Waals surface area contributed by atoms with E-state index in [1.807, 2.05) is 36.0 Å². The summed E-state index contributed by atoms with van der Waals surface area (Å²) in [7, 11) is 1.91. The summed E-state index contributed by atoms with van der Waals surface area (Å²) in [4.78, 5) is 12.1. The lowest BCUT2D eigenvalue weighted by atomic mass is 9.97. The number of carbonyl (C=O) groups is 1. The van der Waals surface area contributed by atoms with Gasteiger partial charge in [-0.3, -0.25) is 9.48 Å². The van der Waals surface area contributed by atoms with Gasteiger partial charge in [0.2, 0.25) is 0 Å². The topological polar surface area (TPSA) is 60.9 Å². The molecular weight excluding hydrogens is 238 g/mol. The molecule has 2 aromatic rings. The van der Waals surface area contributed by atoms with E-state index in [9.17, 15) is 4.79 Å². The van der Waals surface area contributed by atoms with Gasteiger partial charge in [-0.2, -0.15) is 5.10 Å². The molecule has 4 nitrogen and oxygen atoms in total. The Morgan fingerprint density at radius 3 is 2.84 bits per heavy atom. The SMILES string of the molecule is CCC(CN)CC(=O)Cc1nn(C)c2ccccc12. The lowest BCUT2D eigenvalue weighted by molar-refractivity contribution is -0.119. The second kappa shape index (κ2) is 5.97. The maximum Gasteiger partial charge on any atom is 0.139 e. The molecule has 1 unspecified atom stereocenters. The van der Waals surface area contributed by atoms with Crippen molar-refractivity contribution in [3.8, 4) is 0 Å². The third-order valence-electron chi connectivity index (χ3n) is 3.63. The smallest absolute Gasteiger partial charge is 0.139 e. The molecule has 4 heteroatoms. The highest BCUT2D eigenvalue weighted by molar-refractivity contribution is 5.88. The Kier molecular flexibility index (Phi) is 4.32. The molecule has 0 amide bonds. The van der Waals surface area contributed by atoms with Crippen molar-refractivity contribution in [1.82, 2.24) is 9.78 Å². The van der Waals surface area contributed by atoms with Crippen LogP contribution in [-0.4, -0.2) is 22.1 Å². The van der Waals surface area contributed by atoms with Crippen LogP contribution >= 0.6 is 0 Å². The van der Waals surface area contributed by atoms with Crippen molar-refractivity contribution in [3.63, 3.8) is 0 Å². The third-order valence-corrected chi connectivity index (χ3v) is 3.63. The number of hydrogen-bond donors (Lipinski definition) is 1. The highest BCUT2D eigenvalue weighted by Gasteiger charge is 2.15. The van der Waals surface area contributed by atoms with Gasteiger partial charge in [0.15, 0.2) is 0 Å². The molecule has 2 rings (SSSR count). The second-order valence-electron chi connectivity index (χ2n) is 5.02. The van der Waals surface area contributed by atoms with Crippen molar-refractivity contribution in [2.75, 3.05) is 6.54 Å². The van der Waals surface area contributed by atoms with E-state index in [2.05, 4.69) is 12.0 Å². The van der Waals surface area contributed by atoms with Crippen LogP contribution in [0.5, 0.6) is 0 Å². The van der Waals surface area contributed by atoms with E-state index in [1.54, 1.807) is 0 Å².